The average molecular weight is 291 g/mol. The van der Waals surface area contributed by atoms with E-state index in [1.54, 1.807) is 7.11 Å². The molecule has 0 spiro atoms. The molecule has 4 nitrogen and oxygen atoms in total. The van der Waals surface area contributed by atoms with Crippen molar-refractivity contribution in [3.63, 3.8) is 0 Å². The van der Waals surface area contributed by atoms with Crippen LogP contribution in [0.25, 0.3) is 0 Å². The van der Waals surface area contributed by atoms with Gasteiger partial charge in [-0.1, -0.05) is 32.9 Å². The summed E-state index contributed by atoms with van der Waals surface area (Å²) in [6.45, 7) is 9.13. The maximum absolute atomic E-state index is 12.3. The van der Waals surface area contributed by atoms with Gasteiger partial charge in [-0.2, -0.15) is 0 Å². The van der Waals surface area contributed by atoms with E-state index in [9.17, 15) is 4.79 Å². The van der Waals surface area contributed by atoms with Gasteiger partial charge in [0.05, 0.1) is 26.7 Å². The van der Waals surface area contributed by atoms with Crippen LogP contribution in [0, 0.1) is 0 Å². The van der Waals surface area contributed by atoms with Gasteiger partial charge in [-0.05, 0) is 22.6 Å². The summed E-state index contributed by atoms with van der Waals surface area (Å²) in [5.74, 6) is 1.05. The van der Waals surface area contributed by atoms with Crippen LogP contribution in [0.1, 0.15) is 31.9 Å². The third kappa shape index (κ3) is 3.97. The lowest BCUT2D eigenvalue weighted by atomic mass is 9.85. The third-order valence-electron chi connectivity index (χ3n) is 3.79. The standard InChI is InChI=1S/C17H25NO3/c1-17(2,3)14-11-13(5-6-15(14)20-4)12-16(19)18-7-9-21-10-8-18/h5-6,11H,7-10,12H2,1-4H3. The van der Waals surface area contributed by atoms with Crippen LogP contribution in [0.4, 0.5) is 0 Å². The molecule has 4 heteroatoms. The van der Waals surface area contributed by atoms with Crippen molar-refractivity contribution in [1.82, 2.24) is 4.90 Å². The molecule has 1 aromatic rings. The van der Waals surface area contributed by atoms with E-state index in [1.165, 1.54) is 0 Å². The molecule has 1 amide bonds. The van der Waals surface area contributed by atoms with Gasteiger partial charge in [-0.3, -0.25) is 4.79 Å². The first kappa shape index (κ1) is 15.8. The van der Waals surface area contributed by atoms with Crippen molar-refractivity contribution >= 4 is 5.91 Å². The number of carbonyl (C=O) groups is 1. The van der Waals surface area contributed by atoms with Crippen LogP contribution >= 0.6 is 0 Å². The van der Waals surface area contributed by atoms with Gasteiger partial charge >= 0.3 is 0 Å². The molecule has 1 aromatic carbocycles. The largest absolute Gasteiger partial charge is 0.496 e. The highest BCUT2D eigenvalue weighted by molar-refractivity contribution is 5.79. The summed E-state index contributed by atoms with van der Waals surface area (Å²) in [6, 6.07) is 6.03. The Balaban J connectivity index is 2.15. The molecule has 2 rings (SSSR count). The van der Waals surface area contributed by atoms with Crippen LogP contribution < -0.4 is 4.74 Å². The van der Waals surface area contributed by atoms with Crippen LogP contribution in [0.5, 0.6) is 5.75 Å². The number of amides is 1. The van der Waals surface area contributed by atoms with Gasteiger partial charge in [-0.25, -0.2) is 0 Å². The molecule has 0 aromatic heterocycles. The van der Waals surface area contributed by atoms with Crippen LogP contribution in [-0.2, 0) is 21.4 Å². The molecule has 0 bridgehead atoms. The number of benzene rings is 1. The zero-order chi connectivity index (χ0) is 15.5. The predicted molar refractivity (Wildman–Crippen MR) is 82.8 cm³/mol. The van der Waals surface area contributed by atoms with Crippen LogP contribution in [0.2, 0.25) is 0 Å². The van der Waals surface area contributed by atoms with E-state index in [4.69, 9.17) is 9.47 Å². The molecule has 0 atom stereocenters. The van der Waals surface area contributed by atoms with Gasteiger partial charge in [0.15, 0.2) is 0 Å². The minimum absolute atomic E-state index is 0.0106. The Hall–Kier alpha value is -1.55. The molecular weight excluding hydrogens is 266 g/mol. The van der Waals surface area contributed by atoms with Crippen molar-refractivity contribution in [3.05, 3.63) is 29.3 Å². The molecule has 1 aliphatic heterocycles. The summed E-state index contributed by atoms with van der Waals surface area (Å²) in [5, 5.41) is 0. The molecule has 0 N–H and O–H groups in total. The smallest absolute Gasteiger partial charge is 0.227 e. The Kier molecular flexibility index (Phi) is 4.88. The number of ether oxygens (including phenoxy) is 2. The van der Waals surface area contributed by atoms with E-state index in [1.807, 2.05) is 17.0 Å². The molecule has 1 fully saturated rings. The second kappa shape index (κ2) is 6.48. The summed E-state index contributed by atoms with van der Waals surface area (Å²) in [5.41, 5.74) is 2.16. The molecule has 116 valence electrons. The van der Waals surface area contributed by atoms with Gasteiger partial charge in [0.25, 0.3) is 0 Å². The number of carbonyl (C=O) groups excluding carboxylic acids is 1. The maximum atomic E-state index is 12.3. The Morgan fingerprint density at radius 3 is 2.52 bits per heavy atom. The normalized spacial score (nSPS) is 15.9. The Labute approximate surface area is 127 Å². The molecular formula is C17H25NO3. The monoisotopic (exact) mass is 291 g/mol. The van der Waals surface area contributed by atoms with Gasteiger partial charge < -0.3 is 14.4 Å². The lowest BCUT2D eigenvalue weighted by molar-refractivity contribution is -0.134. The highest BCUT2D eigenvalue weighted by Gasteiger charge is 2.21. The first-order valence-electron chi connectivity index (χ1n) is 7.45. The molecule has 21 heavy (non-hydrogen) atoms. The van der Waals surface area contributed by atoms with Crippen molar-refractivity contribution in [2.45, 2.75) is 32.6 Å². The Bertz CT molecular complexity index is 499. The van der Waals surface area contributed by atoms with Gasteiger partial charge in [0.2, 0.25) is 5.91 Å². The summed E-state index contributed by atoms with van der Waals surface area (Å²) < 4.78 is 10.7. The van der Waals surface area contributed by atoms with Gasteiger partial charge in [-0.15, -0.1) is 0 Å². The van der Waals surface area contributed by atoms with Crippen LogP contribution in [-0.4, -0.2) is 44.2 Å². The highest BCUT2D eigenvalue weighted by Crippen LogP contribution is 2.32. The Morgan fingerprint density at radius 2 is 1.95 bits per heavy atom. The van der Waals surface area contributed by atoms with Crippen molar-refractivity contribution in [2.75, 3.05) is 33.4 Å². The second-order valence-corrected chi connectivity index (χ2v) is 6.45. The lowest BCUT2D eigenvalue weighted by Crippen LogP contribution is -2.41. The molecule has 1 saturated heterocycles. The van der Waals surface area contributed by atoms with Crippen molar-refractivity contribution < 1.29 is 14.3 Å². The van der Waals surface area contributed by atoms with Crippen molar-refractivity contribution in [2.24, 2.45) is 0 Å². The fraction of sp³-hybridized carbons (Fsp3) is 0.588. The topological polar surface area (TPSA) is 38.8 Å². The summed E-state index contributed by atoms with van der Waals surface area (Å²) in [7, 11) is 1.68. The average Bonchev–Trinajstić information content (AvgIpc) is 2.47. The third-order valence-corrected chi connectivity index (χ3v) is 3.79. The fourth-order valence-electron chi connectivity index (χ4n) is 2.55. The van der Waals surface area contributed by atoms with E-state index in [-0.39, 0.29) is 11.3 Å². The quantitative estimate of drug-likeness (QED) is 0.858. The lowest BCUT2D eigenvalue weighted by Gasteiger charge is -2.27. The Morgan fingerprint density at radius 1 is 1.29 bits per heavy atom. The van der Waals surface area contributed by atoms with E-state index in [2.05, 4.69) is 26.8 Å². The molecule has 1 heterocycles. The number of methoxy groups -OCH3 is 1. The second-order valence-electron chi connectivity index (χ2n) is 6.45. The molecule has 0 radical (unpaired) electrons. The molecule has 0 unspecified atom stereocenters. The number of hydrogen-bond acceptors (Lipinski definition) is 3. The summed E-state index contributed by atoms with van der Waals surface area (Å²) in [6.07, 6.45) is 0.438. The van der Waals surface area contributed by atoms with E-state index >= 15 is 0 Å². The summed E-state index contributed by atoms with van der Waals surface area (Å²) >= 11 is 0. The van der Waals surface area contributed by atoms with Gasteiger partial charge in [0.1, 0.15) is 5.75 Å². The molecule has 1 aliphatic rings. The minimum atomic E-state index is -0.0106. The zero-order valence-electron chi connectivity index (χ0n) is 13.4. The molecule has 0 saturated carbocycles. The first-order valence-corrected chi connectivity index (χ1v) is 7.45. The highest BCUT2D eigenvalue weighted by atomic mass is 16.5. The van der Waals surface area contributed by atoms with Crippen molar-refractivity contribution in [1.29, 1.82) is 0 Å². The minimum Gasteiger partial charge on any atom is -0.496 e. The first-order chi connectivity index (χ1) is 9.91. The maximum Gasteiger partial charge on any atom is 0.227 e. The number of nitrogens with zero attached hydrogens (tertiary/aromatic N) is 1. The molecule has 0 aliphatic carbocycles. The predicted octanol–water partition coefficient (Wildman–Crippen LogP) is 2.39. The SMILES string of the molecule is COc1ccc(CC(=O)N2CCOCC2)cc1C(C)(C)C. The zero-order valence-corrected chi connectivity index (χ0v) is 13.4. The van der Waals surface area contributed by atoms with Crippen LogP contribution in [0.3, 0.4) is 0 Å². The fourth-order valence-corrected chi connectivity index (χ4v) is 2.55. The van der Waals surface area contributed by atoms with E-state index in [0.29, 0.717) is 32.7 Å². The van der Waals surface area contributed by atoms with E-state index in [0.717, 1.165) is 16.9 Å². The van der Waals surface area contributed by atoms with Gasteiger partial charge in [0, 0.05) is 13.1 Å². The van der Waals surface area contributed by atoms with Crippen LogP contribution in [0.15, 0.2) is 18.2 Å². The van der Waals surface area contributed by atoms with E-state index < -0.39 is 0 Å². The number of hydrogen-bond donors (Lipinski definition) is 0. The number of morpholine rings is 1. The number of rotatable bonds is 3. The van der Waals surface area contributed by atoms with Crippen molar-refractivity contribution in [3.8, 4) is 5.75 Å². The summed E-state index contributed by atoms with van der Waals surface area (Å²) in [4.78, 5) is 14.2.